The molecule has 1 heterocycles. The van der Waals surface area contributed by atoms with Gasteiger partial charge in [-0.2, -0.15) is 0 Å². The lowest BCUT2D eigenvalue weighted by molar-refractivity contribution is 0.0587. The van der Waals surface area contributed by atoms with Gasteiger partial charge in [-0.25, -0.2) is 14.8 Å². The Morgan fingerprint density at radius 3 is 2.76 bits per heavy atom. The third-order valence-electron chi connectivity index (χ3n) is 3.28. The number of rotatable bonds is 6. The van der Waals surface area contributed by atoms with Gasteiger partial charge in [-0.15, -0.1) is 0 Å². The average molecular weight is 285 g/mol. The molecule has 21 heavy (non-hydrogen) atoms. The molecular formula is C16H19N3O2. The van der Waals surface area contributed by atoms with Crippen molar-refractivity contribution in [2.75, 3.05) is 19.0 Å². The van der Waals surface area contributed by atoms with Gasteiger partial charge in [0.05, 0.1) is 7.11 Å². The van der Waals surface area contributed by atoms with Crippen LogP contribution in [0.4, 0.5) is 5.82 Å². The zero-order valence-corrected chi connectivity index (χ0v) is 12.2. The van der Waals surface area contributed by atoms with Gasteiger partial charge in [-0.1, -0.05) is 37.3 Å². The van der Waals surface area contributed by atoms with Gasteiger partial charge >= 0.3 is 5.97 Å². The van der Waals surface area contributed by atoms with Crippen molar-refractivity contribution >= 4 is 11.8 Å². The van der Waals surface area contributed by atoms with Crippen LogP contribution in [0.15, 0.2) is 42.6 Å². The van der Waals surface area contributed by atoms with E-state index in [2.05, 4.69) is 39.1 Å². The van der Waals surface area contributed by atoms with Crippen LogP contribution in [-0.2, 0) is 4.74 Å². The van der Waals surface area contributed by atoms with Crippen molar-refractivity contribution in [1.29, 1.82) is 0 Å². The largest absolute Gasteiger partial charge is 0.463 e. The molecule has 1 atom stereocenters. The first-order valence-electron chi connectivity index (χ1n) is 6.91. The molecule has 5 nitrogen and oxygen atoms in total. The molecule has 0 saturated heterocycles. The molecule has 0 aliphatic heterocycles. The van der Waals surface area contributed by atoms with Crippen LogP contribution in [-0.4, -0.2) is 29.6 Å². The predicted molar refractivity (Wildman–Crippen MR) is 81.3 cm³/mol. The van der Waals surface area contributed by atoms with Crippen LogP contribution in [0.2, 0.25) is 0 Å². The van der Waals surface area contributed by atoms with Gasteiger partial charge < -0.3 is 10.1 Å². The minimum absolute atomic E-state index is 0.0682. The number of nitrogens with zero attached hydrogens (tertiary/aromatic N) is 2. The molecule has 0 amide bonds. The van der Waals surface area contributed by atoms with Crippen molar-refractivity contribution < 1.29 is 9.53 Å². The molecule has 110 valence electrons. The maximum Gasteiger partial charge on any atom is 0.376 e. The molecule has 0 fully saturated rings. The van der Waals surface area contributed by atoms with E-state index in [9.17, 15) is 4.79 Å². The standard InChI is InChI=1S/C16H19N3O2/c1-12(13-6-4-3-5-7-13)8-10-17-14-9-11-18-15(19-14)16(20)21-2/h3-7,9,11-12H,8,10H2,1-2H3,(H,17,18,19). The number of aromatic nitrogens is 2. The molecule has 2 rings (SSSR count). The van der Waals surface area contributed by atoms with Gasteiger partial charge in [0.2, 0.25) is 5.82 Å². The quantitative estimate of drug-likeness (QED) is 0.827. The number of hydrogen-bond donors (Lipinski definition) is 1. The maximum atomic E-state index is 11.4. The minimum Gasteiger partial charge on any atom is -0.463 e. The Morgan fingerprint density at radius 1 is 1.29 bits per heavy atom. The van der Waals surface area contributed by atoms with Gasteiger partial charge in [0.25, 0.3) is 0 Å². The molecule has 0 aliphatic rings. The number of carbonyl (C=O) groups is 1. The van der Waals surface area contributed by atoms with Gasteiger partial charge in [-0.05, 0) is 24.0 Å². The molecule has 1 unspecified atom stereocenters. The van der Waals surface area contributed by atoms with E-state index in [1.54, 1.807) is 12.3 Å². The number of esters is 1. The summed E-state index contributed by atoms with van der Waals surface area (Å²) in [7, 11) is 1.31. The van der Waals surface area contributed by atoms with Gasteiger partial charge in [0, 0.05) is 12.7 Å². The summed E-state index contributed by atoms with van der Waals surface area (Å²) in [6.07, 6.45) is 2.52. The molecule has 0 spiro atoms. The van der Waals surface area contributed by atoms with Crippen molar-refractivity contribution in [1.82, 2.24) is 9.97 Å². The van der Waals surface area contributed by atoms with Crippen molar-refractivity contribution in [3.8, 4) is 0 Å². The van der Waals surface area contributed by atoms with Crippen LogP contribution in [0.5, 0.6) is 0 Å². The summed E-state index contributed by atoms with van der Waals surface area (Å²) in [6.45, 7) is 2.96. The Labute approximate surface area is 124 Å². The number of hydrogen-bond acceptors (Lipinski definition) is 5. The number of methoxy groups -OCH3 is 1. The van der Waals surface area contributed by atoms with E-state index in [1.165, 1.54) is 12.7 Å². The number of ether oxygens (including phenoxy) is 1. The van der Waals surface area contributed by atoms with Crippen LogP contribution in [0.1, 0.15) is 35.4 Å². The Hall–Kier alpha value is -2.43. The number of anilines is 1. The molecule has 1 N–H and O–H groups in total. The predicted octanol–water partition coefficient (Wildman–Crippen LogP) is 2.87. The van der Waals surface area contributed by atoms with Crippen LogP contribution >= 0.6 is 0 Å². The fourth-order valence-electron chi connectivity index (χ4n) is 2.01. The monoisotopic (exact) mass is 285 g/mol. The van der Waals surface area contributed by atoms with Crippen LogP contribution in [0, 0.1) is 0 Å². The van der Waals surface area contributed by atoms with Gasteiger partial charge in [0.15, 0.2) is 0 Å². The van der Waals surface area contributed by atoms with E-state index in [0.29, 0.717) is 11.7 Å². The topological polar surface area (TPSA) is 64.1 Å². The molecule has 0 aliphatic carbocycles. The summed E-state index contributed by atoms with van der Waals surface area (Å²) < 4.78 is 4.60. The third-order valence-corrected chi connectivity index (χ3v) is 3.28. The first-order valence-corrected chi connectivity index (χ1v) is 6.91. The van der Waals surface area contributed by atoms with E-state index in [-0.39, 0.29) is 5.82 Å². The molecule has 0 saturated carbocycles. The number of benzene rings is 1. The Morgan fingerprint density at radius 2 is 2.05 bits per heavy atom. The highest BCUT2D eigenvalue weighted by atomic mass is 16.5. The molecule has 0 bridgehead atoms. The number of nitrogens with one attached hydrogen (secondary N) is 1. The molecule has 0 radical (unpaired) electrons. The van der Waals surface area contributed by atoms with Crippen LogP contribution in [0.3, 0.4) is 0 Å². The zero-order valence-electron chi connectivity index (χ0n) is 12.2. The normalized spacial score (nSPS) is 11.7. The van der Waals surface area contributed by atoms with Crippen molar-refractivity contribution in [2.24, 2.45) is 0 Å². The van der Waals surface area contributed by atoms with E-state index in [1.807, 2.05) is 18.2 Å². The van der Waals surface area contributed by atoms with Crippen molar-refractivity contribution in [2.45, 2.75) is 19.3 Å². The van der Waals surface area contributed by atoms with Crippen molar-refractivity contribution in [3.05, 3.63) is 54.0 Å². The smallest absolute Gasteiger partial charge is 0.376 e. The highest BCUT2D eigenvalue weighted by molar-refractivity contribution is 5.85. The highest BCUT2D eigenvalue weighted by Crippen LogP contribution is 2.18. The second-order valence-corrected chi connectivity index (χ2v) is 4.78. The highest BCUT2D eigenvalue weighted by Gasteiger charge is 2.09. The van der Waals surface area contributed by atoms with Gasteiger partial charge in [-0.3, -0.25) is 0 Å². The number of carbonyl (C=O) groups excluding carboxylic acids is 1. The van der Waals surface area contributed by atoms with Gasteiger partial charge in [0.1, 0.15) is 5.82 Å². The molecule has 1 aromatic carbocycles. The lowest BCUT2D eigenvalue weighted by atomic mass is 9.98. The Balaban J connectivity index is 1.87. The van der Waals surface area contributed by atoms with E-state index in [4.69, 9.17) is 0 Å². The minimum atomic E-state index is -0.531. The lowest BCUT2D eigenvalue weighted by Gasteiger charge is -2.12. The SMILES string of the molecule is COC(=O)c1nccc(NCCC(C)c2ccccc2)n1. The Bertz CT molecular complexity index is 587. The molecule has 2 aromatic rings. The fraction of sp³-hybridized carbons (Fsp3) is 0.312. The molecule has 5 heteroatoms. The zero-order chi connectivity index (χ0) is 15.1. The average Bonchev–Trinajstić information content (AvgIpc) is 2.55. The first-order chi connectivity index (χ1) is 10.2. The van der Waals surface area contributed by atoms with Crippen LogP contribution in [0.25, 0.3) is 0 Å². The second kappa shape index (κ2) is 7.38. The lowest BCUT2D eigenvalue weighted by Crippen LogP contribution is -2.11. The van der Waals surface area contributed by atoms with E-state index in [0.717, 1.165) is 13.0 Å². The summed E-state index contributed by atoms with van der Waals surface area (Å²) in [6, 6.07) is 12.1. The second-order valence-electron chi connectivity index (χ2n) is 4.78. The molecular weight excluding hydrogens is 266 g/mol. The Kier molecular flexibility index (Phi) is 5.26. The summed E-state index contributed by atoms with van der Waals surface area (Å²) >= 11 is 0. The maximum absolute atomic E-state index is 11.4. The first kappa shape index (κ1) is 15.0. The van der Waals surface area contributed by atoms with E-state index < -0.39 is 5.97 Å². The summed E-state index contributed by atoms with van der Waals surface area (Å²) in [5.74, 6) is 0.626. The van der Waals surface area contributed by atoms with Crippen molar-refractivity contribution in [3.63, 3.8) is 0 Å². The van der Waals surface area contributed by atoms with Crippen LogP contribution < -0.4 is 5.32 Å². The summed E-state index contributed by atoms with van der Waals surface area (Å²) in [4.78, 5) is 19.3. The molecule has 1 aromatic heterocycles. The summed E-state index contributed by atoms with van der Waals surface area (Å²) in [5, 5.41) is 3.21. The summed E-state index contributed by atoms with van der Waals surface area (Å²) in [5.41, 5.74) is 1.32. The van der Waals surface area contributed by atoms with E-state index >= 15 is 0 Å². The fourth-order valence-corrected chi connectivity index (χ4v) is 2.01. The third kappa shape index (κ3) is 4.27.